The van der Waals surface area contributed by atoms with Crippen molar-refractivity contribution in [2.24, 2.45) is 0 Å². The summed E-state index contributed by atoms with van der Waals surface area (Å²) in [5.41, 5.74) is 0.894. The summed E-state index contributed by atoms with van der Waals surface area (Å²) in [6.45, 7) is 1.92. The molecule has 84 valence electrons. The van der Waals surface area contributed by atoms with Crippen LogP contribution in [0.5, 0.6) is 0 Å². The van der Waals surface area contributed by atoms with E-state index in [0.717, 1.165) is 23.0 Å². The largest absolute Gasteiger partial charge is 0.353 e. The van der Waals surface area contributed by atoms with Crippen molar-refractivity contribution in [1.82, 2.24) is 14.7 Å². The third-order valence-corrected chi connectivity index (χ3v) is 3.96. The number of nitrogens with zero attached hydrogens (tertiary/aromatic N) is 3. The highest BCUT2D eigenvalue weighted by Gasteiger charge is 2.21. The lowest BCUT2D eigenvalue weighted by atomic mass is 10.2. The predicted octanol–water partition coefficient (Wildman–Crippen LogP) is 2.52. The Morgan fingerprint density at radius 2 is 2.50 bits per heavy atom. The second kappa shape index (κ2) is 3.97. The molecule has 0 aromatic carbocycles. The summed E-state index contributed by atoms with van der Waals surface area (Å²) >= 11 is 1.99. The van der Waals surface area contributed by atoms with Gasteiger partial charge < -0.3 is 9.09 Å². The molecule has 5 heteroatoms. The summed E-state index contributed by atoms with van der Waals surface area (Å²) in [7, 11) is 0. The van der Waals surface area contributed by atoms with E-state index >= 15 is 0 Å². The summed E-state index contributed by atoms with van der Waals surface area (Å²) < 4.78 is 7.48. The van der Waals surface area contributed by atoms with Gasteiger partial charge in [-0.1, -0.05) is 5.16 Å². The van der Waals surface area contributed by atoms with E-state index in [1.165, 1.54) is 12.2 Å². The van der Waals surface area contributed by atoms with E-state index in [0.29, 0.717) is 6.04 Å². The van der Waals surface area contributed by atoms with Crippen LogP contribution < -0.4 is 0 Å². The van der Waals surface area contributed by atoms with Gasteiger partial charge in [0.1, 0.15) is 0 Å². The Morgan fingerprint density at radius 1 is 1.56 bits per heavy atom. The van der Waals surface area contributed by atoms with E-state index in [1.54, 1.807) is 0 Å². The second-order valence-corrected chi connectivity index (χ2v) is 5.16. The summed E-state index contributed by atoms with van der Waals surface area (Å²) in [6.07, 6.45) is 5.07. The maximum atomic E-state index is 5.27. The molecule has 0 amide bonds. The smallest absolute Gasteiger partial charge is 0.202 e. The van der Waals surface area contributed by atoms with E-state index in [9.17, 15) is 0 Å². The zero-order chi connectivity index (χ0) is 11.0. The minimum Gasteiger partial charge on any atom is -0.353 e. The van der Waals surface area contributed by atoms with Gasteiger partial charge in [0, 0.05) is 30.3 Å². The van der Waals surface area contributed by atoms with Crippen LogP contribution in [-0.4, -0.2) is 26.2 Å². The molecule has 0 saturated carbocycles. The zero-order valence-corrected chi connectivity index (χ0v) is 9.91. The highest BCUT2D eigenvalue weighted by Crippen LogP contribution is 2.31. The molecule has 1 aliphatic rings. The van der Waals surface area contributed by atoms with E-state index in [4.69, 9.17) is 4.52 Å². The Morgan fingerprint density at radius 3 is 3.19 bits per heavy atom. The van der Waals surface area contributed by atoms with Gasteiger partial charge in [-0.25, -0.2) is 4.98 Å². The van der Waals surface area contributed by atoms with Gasteiger partial charge in [0.25, 0.3) is 0 Å². The van der Waals surface area contributed by atoms with E-state index in [-0.39, 0.29) is 0 Å². The number of thioether (sulfide) groups is 1. The molecule has 3 heterocycles. The van der Waals surface area contributed by atoms with Crippen LogP contribution in [-0.2, 0) is 0 Å². The Kier molecular flexibility index (Phi) is 2.47. The molecule has 0 N–H and O–H groups in total. The average molecular weight is 235 g/mol. The van der Waals surface area contributed by atoms with Crippen molar-refractivity contribution < 1.29 is 4.52 Å². The number of aryl methyl sites for hydroxylation is 1. The Bertz CT molecular complexity index is 485. The molecule has 1 aliphatic heterocycles. The first kappa shape index (κ1) is 9.96. The van der Waals surface area contributed by atoms with E-state index in [1.807, 2.05) is 37.1 Å². The number of hydrogen-bond acceptors (Lipinski definition) is 4. The van der Waals surface area contributed by atoms with Crippen molar-refractivity contribution in [3.05, 3.63) is 24.2 Å². The molecule has 1 atom stereocenters. The Balaban J connectivity index is 1.98. The fraction of sp³-hybridized carbons (Fsp3) is 0.455. The minimum atomic E-state index is 0.549. The molecule has 2 aromatic heterocycles. The van der Waals surface area contributed by atoms with Gasteiger partial charge in [0.05, 0.1) is 5.69 Å². The molecule has 0 aliphatic carbocycles. The quantitative estimate of drug-likeness (QED) is 0.802. The third kappa shape index (κ3) is 1.65. The van der Waals surface area contributed by atoms with Crippen LogP contribution in [0.25, 0.3) is 11.6 Å². The third-order valence-electron chi connectivity index (χ3n) is 2.82. The van der Waals surface area contributed by atoms with Crippen LogP contribution in [0.1, 0.15) is 18.2 Å². The summed E-state index contributed by atoms with van der Waals surface area (Å²) in [6, 6.07) is 2.48. The molecule has 4 nitrogen and oxygen atoms in total. The summed E-state index contributed by atoms with van der Waals surface area (Å²) in [4.78, 5) is 4.36. The Labute approximate surface area is 98.0 Å². The van der Waals surface area contributed by atoms with Crippen LogP contribution in [0.3, 0.4) is 0 Å². The molecule has 1 fully saturated rings. The number of aromatic nitrogens is 3. The maximum absolute atomic E-state index is 5.27. The molecule has 0 bridgehead atoms. The first-order valence-electron chi connectivity index (χ1n) is 5.39. The number of imidazole rings is 1. The van der Waals surface area contributed by atoms with Gasteiger partial charge in [-0.15, -0.1) is 0 Å². The van der Waals surface area contributed by atoms with Crippen molar-refractivity contribution in [2.75, 3.05) is 11.5 Å². The highest BCUT2D eigenvalue weighted by molar-refractivity contribution is 7.99. The fourth-order valence-corrected chi connectivity index (χ4v) is 3.21. The van der Waals surface area contributed by atoms with Gasteiger partial charge in [-0.2, -0.15) is 11.8 Å². The van der Waals surface area contributed by atoms with Crippen LogP contribution in [0, 0.1) is 6.92 Å². The maximum Gasteiger partial charge on any atom is 0.202 e. The van der Waals surface area contributed by atoms with Gasteiger partial charge in [-0.05, 0) is 19.1 Å². The normalized spacial score (nSPS) is 20.4. The first-order valence-corrected chi connectivity index (χ1v) is 6.54. The average Bonchev–Trinajstić information content (AvgIpc) is 2.96. The molecular formula is C11H13N3OS. The molecule has 2 aromatic rings. The standard InChI is InChI=1S/C11H13N3OS/c1-8-6-10(15-13-8)11-12-3-4-14(11)9-2-5-16-7-9/h3-4,6,9H,2,5,7H2,1H3. The second-order valence-electron chi connectivity index (χ2n) is 4.01. The van der Waals surface area contributed by atoms with Gasteiger partial charge in [0.15, 0.2) is 5.82 Å². The van der Waals surface area contributed by atoms with E-state index in [2.05, 4.69) is 14.7 Å². The van der Waals surface area contributed by atoms with Crippen molar-refractivity contribution in [3.8, 4) is 11.6 Å². The lowest BCUT2D eigenvalue weighted by Crippen LogP contribution is -2.08. The molecule has 16 heavy (non-hydrogen) atoms. The summed E-state index contributed by atoms with van der Waals surface area (Å²) in [5, 5.41) is 3.91. The fourth-order valence-electron chi connectivity index (χ4n) is 2.01. The molecule has 0 radical (unpaired) electrons. The molecule has 0 spiro atoms. The van der Waals surface area contributed by atoms with Gasteiger partial charge >= 0.3 is 0 Å². The monoisotopic (exact) mass is 235 g/mol. The number of hydrogen-bond donors (Lipinski definition) is 0. The van der Waals surface area contributed by atoms with Crippen LogP contribution in [0.2, 0.25) is 0 Å². The lowest BCUT2D eigenvalue weighted by Gasteiger charge is -2.12. The van der Waals surface area contributed by atoms with E-state index < -0.39 is 0 Å². The van der Waals surface area contributed by atoms with Crippen LogP contribution in [0.4, 0.5) is 0 Å². The zero-order valence-electron chi connectivity index (χ0n) is 9.09. The molecule has 1 unspecified atom stereocenters. The van der Waals surface area contributed by atoms with Gasteiger partial charge in [-0.3, -0.25) is 0 Å². The first-order chi connectivity index (χ1) is 7.84. The van der Waals surface area contributed by atoms with Crippen molar-refractivity contribution in [1.29, 1.82) is 0 Å². The molecule has 1 saturated heterocycles. The van der Waals surface area contributed by atoms with Crippen LogP contribution in [0.15, 0.2) is 23.0 Å². The Hall–Kier alpha value is -1.23. The number of rotatable bonds is 2. The highest BCUT2D eigenvalue weighted by atomic mass is 32.2. The minimum absolute atomic E-state index is 0.549. The predicted molar refractivity (Wildman–Crippen MR) is 63.4 cm³/mol. The summed E-state index contributed by atoms with van der Waals surface area (Å²) in [5.74, 6) is 4.06. The SMILES string of the molecule is Cc1cc(-c2nccn2C2CCSC2)on1. The molecular weight excluding hydrogens is 222 g/mol. The van der Waals surface area contributed by atoms with Gasteiger partial charge in [0.2, 0.25) is 5.76 Å². The van der Waals surface area contributed by atoms with Crippen molar-refractivity contribution >= 4 is 11.8 Å². The topological polar surface area (TPSA) is 43.9 Å². The van der Waals surface area contributed by atoms with Crippen molar-refractivity contribution in [3.63, 3.8) is 0 Å². The lowest BCUT2D eigenvalue weighted by molar-refractivity contribution is 0.419. The van der Waals surface area contributed by atoms with Crippen LogP contribution >= 0.6 is 11.8 Å². The molecule has 3 rings (SSSR count). The van der Waals surface area contributed by atoms with Crippen molar-refractivity contribution in [2.45, 2.75) is 19.4 Å².